The van der Waals surface area contributed by atoms with Crippen molar-refractivity contribution in [2.24, 2.45) is 0 Å². The number of para-hydroxylation sites is 1. The largest absolute Gasteiger partial charge is 0.325 e. The van der Waals surface area contributed by atoms with Crippen LogP contribution in [0.4, 0.5) is 21.3 Å². The van der Waals surface area contributed by atoms with E-state index in [9.17, 15) is 9.59 Å². The lowest BCUT2D eigenvalue weighted by Crippen LogP contribution is -2.19. The lowest BCUT2D eigenvalue weighted by atomic mass is 10.2. The number of thiazole rings is 1. The predicted octanol–water partition coefficient (Wildman–Crippen LogP) is 4.35. The van der Waals surface area contributed by atoms with Gasteiger partial charge in [-0.2, -0.15) is 0 Å². The fraction of sp³-hybridized carbons (Fsp3) is 0.0556. The SMILES string of the molecule is Cc1cccc(NC(=O)c2csc(NC(=O)Nc3ccccc3)n2)c1. The maximum atomic E-state index is 12.2. The monoisotopic (exact) mass is 352 g/mol. The van der Waals surface area contributed by atoms with Crippen LogP contribution in [0.15, 0.2) is 60.0 Å². The van der Waals surface area contributed by atoms with Gasteiger partial charge in [0.15, 0.2) is 5.13 Å². The summed E-state index contributed by atoms with van der Waals surface area (Å²) in [6.45, 7) is 1.95. The first kappa shape index (κ1) is 16.7. The van der Waals surface area contributed by atoms with E-state index in [1.807, 2.05) is 49.4 Å². The quantitative estimate of drug-likeness (QED) is 0.653. The molecule has 0 atom stereocenters. The number of anilines is 3. The van der Waals surface area contributed by atoms with Gasteiger partial charge in [-0.15, -0.1) is 11.3 Å². The molecule has 3 amide bonds. The second-order valence-corrected chi connectivity index (χ2v) is 6.16. The third kappa shape index (κ3) is 4.65. The van der Waals surface area contributed by atoms with E-state index in [2.05, 4.69) is 20.9 Å². The number of urea groups is 1. The molecule has 0 saturated carbocycles. The van der Waals surface area contributed by atoms with E-state index in [0.29, 0.717) is 16.5 Å². The van der Waals surface area contributed by atoms with Gasteiger partial charge >= 0.3 is 6.03 Å². The fourth-order valence-electron chi connectivity index (χ4n) is 2.13. The Balaban J connectivity index is 1.60. The van der Waals surface area contributed by atoms with Crippen LogP contribution in [0.2, 0.25) is 0 Å². The highest BCUT2D eigenvalue weighted by atomic mass is 32.1. The van der Waals surface area contributed by atoms with Crippen LogP contribution >= 0.6 is 11.3 Å². The Kier molecular flexibility index (Phi) is 5.06. The Morgan fingerprint density at radius 2 is 1.68 bits per heavy atom. The van der Waals surface area contributed by atoms with Crippen LogP contribution < -0.4 is 16.0 Å². The number of benzene rings is 2. The van der Waals surface area contributed by atoms with Gasteiger partial charge in [0.05, 0.1) is 0 Å². The maximum absolute atomic E-state index is 12.2. The molecule has 25 heavy (non-hydrogen) atoms. The van der Waals surface area contributed by atoms with Crippen molar-refractivity contribution in [3.8, 4) is 0 Å². The van der Waals surface area contributed by atoms with Crippen molar-refractivity contribution in [1.29, 1.82) is 0 Å². The van der Waals surface area contributed by atoms with Crippen LogP contribution in [0.3, 0.4) is 0 Å². The highest BCUT2D eigenvalue weighted by molar-refractivity contribution is 7.14. The number of hydrogen-bond donors (Lipinski definition) is 3. The van der Waals surface area contributed by atoms with E-state index in [1.54, 1.807) is 17.5 Å². The molecule has 2 aromatic carbocycles. The van der Waals surface area contributed by atoms with Crippen molar-refractivity contribution in [3.05, 3.63) is 71.2 Å². The lowest BCUT2D eigenvalue weighted by molar-refractivity contribution is 0.102. The van der Waals surface area contributed by atoms with Gasteiger partial charge in [0.25, 0.3) is 5.91 Å². The van der Waals surface area contributed by atoms with Crippen molar-refractivity contribution in [2.45, 2.75) is 6.92 Å². The number of nitrogens with one attached hydrogen (secondary N) is 3. The first-order valence-electron chi connectivity index (χ1n) is 7.57. The molecule has 0 fully saturated rings. The number of aryl methyl sites for hydroxylation is 1. The van der Waals surface area contributed by atoms with Crippen LogP contribution in [-0.2, 0) is 0 Å². The van der Waals surface area contributed by atoms with Crippen molar-refractivity contribution in [3.63, 3.8) is 0 Å². The number of hydrogen-bond acceptors (Lipinski definition) is 4. The summed E-state index contributed by atoms with van der Waals surface area (Å²) in [6.07, 6.45) is 0. The molecule has 3 aromatic rings. The molecular formula is C18H16N4O2S. The van der Waals surface area contributed by atoms with Crippen molar-refractivity contribution in [2.75, 3.05) is 16.0 Å². The van der Waals surface area contributed by atoms with Crippen LogP contribution in [0.25, 0.3) is 0 Å². The van der Waals surface area contributed by atoms with E-state index in [4.69, 9.17) is 0 Å². The van der Waals surface area contributed by atoms with E-state index in [-0.39, 0.29) is 11.6 Å². The standard InChI is InChI=1S/C18H16N4O2S/c1-12-6-5-9-14(10-12)19-16(23)15-11-25-18(21-15)22-17(24)20-13-7-3-2-4-8-13/h2-11H,1H3,(H,19,23)(H2,20,21,22,24). The summed E-state index contributed by atoms with van der Waals surface area (Å²) in [5, 5.41) is 10.0. The van der Waals surface area contributed by atoms with Crippen molar-refractivity contribution in [1.82, 2.24) is 4.98 Å². The zero-order valence-corrected chi connectivity index (χ0v) is 14.3. The molecular weight excluding hydrogens is 336 g/mol. The smallest absolute Gasteiger partial charge is 0.321 e. The molecule has 6 nitrogen and oxygen atoms in total. The average Bonchev–Trinajstić information content (AvgIpc) is 3.04. The van der Waals surface area contributed by atoms with Crippen LogP contribution in [0, 0.1) is 6.92 Å². The first-order valence-corrected chi connectivity index (χ1v) is 8.45. The van der Waals surface area contributed by atoms with Gasteiger partial charge in [-0.05, 0) is 36.8 Å². The third-order valence-corrected chi connectivity index (χ3v) is 4.02. The minimum atomic E-state index is -0.411. The molecule has 1 heterocycles. The topological polar surface area (TPSA) is 83.1 Å². The summed E-state index contributed by atoms with van der Waals surface area (Å²) in [5.41, 5.74) is 2.68. The molecule has 0 aliphatic carbocycles. The summed E-state index contributed by atoms with van der Waals surface area (Å²) in [6, 6.07) is 16.2. The highest BCUT2D eigenvalue weighted by Crippen LogP contribution is 2.18. The minimum absolute atomic E-state index is 0.251. The van der Waals surface area contributed by atoms with Crippen LogP contribution in [-0.4, -0.2) is 16.9 Å². The molecule has 1 aromatic heterocycles. The van der Waals surface area contributed by atoms with E-state index >= 15 is 0 Å². The average molecular weight is 352 g/mol. The van der Waals surface area contributed by atoms with Gasteiger partial charge in [-0.1, -0.05) is 30.3 Å². The molecule has 0 bridgehead atoms. The Morgan fingerprint density at radius 3 is 2.44 bits per heavy atom. The first-order chi connectivity index (χ1) is 12.1. The molecule has 3 N–H and O–H groups in total. The van der Waals surface area contributed by atoms with Gasteiger partial charge in [-0.25, -0.2) is 9.78 Å². The maximum Gasteiger partial charge on any atom is 0.325 e. The van der Waals surface area contributed by atoms with E-state index < -0.39 is 6.03 Å². The number of carbonyl (C=O) groups excluding carboxylic acids is 2. The zero-order chi connectivity index (χ0) is 17.6. The van der Waals surface area contributed by atoms with Gasteiger partial charge in [-0.3, -0.25) is 10.1 Å². The van der Waals surface area contributed by atoms with Crippen LogP contribution in [0.1, 0.15) is 16.1 Å². The lowest BCUT2D eigenvalue weighted by Gasteiger charge is -2.05. The zero-order valence-electron chi connectivity index (χ0n) is 13.4. The molecule has 7 heteroatoms. The van der Waals surface area contributed by atoms with Crippen molar-refractivity contribution < 1.29 is 9.59 Å². The van der Waals surface area contributed by atoms with Crippen LogP contribution in [0.5, 0.6) is 0 Å². The molecule has 0 aliphatic heterocycles. The molecule has 0 unspecified atom stereocenters. The third-order valence-electron chi connectivity index (χ3n) is 3.26. The molecule has 0 radical (unpaired) electrons. The highest BCUT2D eigenvalue weighted by Gasteiger charge is 2.13. The summed E-state index contributed by atoms with van der Waals surface area (Å²) < 4.78 is 0. The minimum Gasteiger partial charge on any atom is -0.321 e. The number of carbonyl (C=O) groups is 2. The molecule has 0 spiro atoms. The van der Waals surface area contributed by atoms with E-state index in [1.165, 1.54) is 11.3 Å². The Bertz CT molecular complexity index is 893. The Hall–Kier alpha value is -3.19. The predicted molar refractivity (Wildman–Crippen MR) is 100 cm³/mol. The number of aromatic nitrogens is 1. The summed E-state index contributed by atoms with van der Waals surface area (Å²) in [5.74, 6) is -0.321. The Labute approximate surface area is 148 Å². The number of rotatable bonds is 4. The summed E-state index contributed by atoms with van der Waals surface area (Å²) in [4.78, 5) is 28.3. The second kappa shape index (κ2) is 7.59. The Morgan fingerprint density at radius 1 is 0.920 bits per heavy atom. The van der Waals surface area contributed by atoms with Gasteiger partial charge in [0, 0.05) is 16.8 Å². The number of amides is 3. The van der Waals surface area contributed by atoms with Crippen molar-refractivity contribution >= 4 is 39.8 Å². The molecule has 126 valence electrons. The summed E-state index contributed by atoms with van der Waals surface area (Å²) >= 11 is 1.19. The van der Waals surface area contributed by atoms with Gasteiger partial charge < -0.3 is 10.6 Å². The fourth-order valence-corrected chi connectivity index (χ4v) is 2.82. The van der Waals surface area contributed by atoms with E-state index in [0.717, 1.165) is 5.56 Å². The number of nitrogens with zero attached hydrogens (tertiary/aromatic N) is 1. The summed E-state index contributed by atoms with van der Waals surface area (Å²) in [7, 11) is 0. The normalized spacial score (nSPS) is 10.1. The molecule has 0 aliphatic rings. The van der Waals surface area contributed by atoms with Gasteiger partial charge in [0.1, 0.15) is 5.69 Å². The second-order valence-electron chi connectivity index (χ2n) is 5.31. The molecule has 0 saturated heterocycles. The molecule has 3 rings (SSSR count). The van der Waals surface area contributed by atoms with Gasteiger partial charge in [0.2, 0.25) is 0 Å².